The summed E-state index contributed by atoms with van der Waals surface area (Å²) in [5.41, 5.74) is 3.93. The SMILES string of the molecule is CN(C)c1ccc(/C=C(\NC(=O)c2ccccc2)C(=O)Nc2ccc(C(=O)/C=C/c3ccccc3Cl)cc2)cc1. The Balaban J connectivity index is 1.51. The van der Waals surface area contributed by atoms with Crippen molar-refractivity contribution in [3.05, 3.63) is 142 Å². The van der Waals surface area contributed by atoms with Crippen molar-refractivity contribution in [3.8, 4) is 0 Å². The zero-order chi connectivity index (χ0) is 28.5. The molecule has 0 atom stereocenters. The number of allylic oxidation sites excluding steroid dienone is 1. The summed E-state index contributed by atoms with van der Waals surface area (Å²) in [6.45, 7) is 0. The molecular weight excluding hydrogens is 522 g/mol. The lowest BCUT2D eigenvalue weighted by atomic mass is 10.1. The number of hydrogen-bond acceptors (Lipinski definition) is 4. The molecule has 0 bridgehead atoms. The molecule has 0 heterocycles. The van der Waals surface area contributed by atoms with Gasteiger partial charge < -0.3 is 15.5 Å². The molecule has 0 spiro atoms. The minimum atomic E-state index is -0.501. The number of carbonyl (C=O) groups excluding carboxylic acids is 3. The highest BCUT2D eigenvalue weighted by Gasteiger charge is 2.15. The Morgan fingerprint density at radius 1 is 0.750 bits per heavy atom. The second-order valence-corrected chi connectivity index (χ2v) is 9.52. The molecule has 0 fully saturated rings. The Morgan fingerprint density at radius 3 is 2.05 bits per heavy atom. The van der Waals surface area contributed by atoms with Crippen molar-refractivity contribution >= 4 is 52.7 Å². The third-order valence-corrected chi connectivity index (χ3v) is 6.34. The van der Waals surface area contributed by atoms with Gasteiger partial charge in [-0.15, -0.1) is 0 Å². The molecule has 0 saturated carbocycles. The first-order chi connectivity index (χ1) is 19.3. The van der Waals surface area contributed by atoms with Gasteiger partial charge >= 0.3 is 0 Å². The van der Waals surface area contributed by atoms with Crippen LogP contribution >= 0.6 is 11.6 Å². The maximum Gasteiger partial charge on any atom is 0.272 e. The normalized spacial score (nSPS) is 11.2. The first-order valence-corrected chi connectivity index (χ1v) is 12.9. The van der Waals surface area contributed by atoms with Gasteiger partial charge in [-0.3, -0.25) is 14.4 Å². The Kier molecular flexibility index (Phi) is 9.28. The van der Waals surface area contributed by atoms with Crippen molar-refractivity contribution in [2.45, 2.75) is 0 Å². The number of nitrogens with one attached hydrogen (secondary N) is 2. The van der Waals surface area contributed by atoms with Crippen LogP contribution in [0, 0.1) is 0 Å². The molecule has 7 heteroatoms. The van der Waals surface area contributed by atoms with Crippen molar-refractivity contribution in [3.63, 3.8) is 0 Å². The molecule has 0 aliphatic carbocycles. The average Bonchev–Trinajstić information content (AvgIpc) is 2.97. The van der Waals surface area contributed by atoms with Crippen LogP contribution in [-0.2, 0) is 4.79 Å². The standard InChI is InChI=1S/C33H28ClN3O3/c1-37(2)28-19-12-23(13-20-28)22-30(36-32(39)26-9-4-3-5-10-26)33(40)35-27-17-14-25(15-18-27)31(38)21-16-24-8-6-7-11-29(24)34/h3-22H,1-2H3,(H,35,40)(H,36,39)/b21-16+,30-22-. The molecule has 4 aromatic rings. The van der Waals surface area contributed by atoms with Crippen molar-refractivity contribution in [2.24, 2.45) is 0 Å². The van der Waals surface area contributed by atoms with Crippen LogP contribution in [0.5, 0.6) is 0 Å². The van der Waals surface area contributed by atoms with Crippen LogP contribution in [0.2, 0.25) is 5.02 Å². The van der Waals surface area contributed by atoms with Crippen LogP contribution in [0.25, 0.3) is 12.2 Å². The Bertz CT molecular complexity index is 1560. The summed E-state index contributed by atoms with van der Waals surface area (Å²) in [7, 11) is 3.88. The Labute approximate surface area is 238 Å². The molecule has 2 amide bonds. The number of hydrogen-bond donors (Lipinski definition) is 2. The number of ketones is 1. The largest absolute Gasteiger partial charge is 0.378 e. The van der Waals surface area contributed by atoms with Gasteiger partial charge in [0.1, 0.15) is 5.70 Å². The number of amides is 2. The highest BCUT2D eigenvalue weighted by atomic mass is 35.5. The van der Waals surface area contributed by atoms with E-state index in [-0.39, 0.29) is 11.5 Å². The number of nitrogens with zero attached hydrogens (tertiary/aromatic N) is 1. The number of benzene rings is 4. The molecule has 200 valence electrons. The van der Waals surface area contributed by atoms with E-state index in [1.54, 1.807) is 66.7 Å². The number of halogens is 1. The van der Waals surface area contributed by atoms with Crippen molar-refractivity contribution in [1.29, 1.82) is 0 Å². The van der Waals surface area contributed by atoms with E-state index < -0.39 is 11.8 Å². The zero-order valence-electron chi connectivity index (χ0n) is 22.1. The molecule has 0 unspecified atom stereocenters. The molecule has 0 aliphatic rings. The minimum Gasteiger partial charge on any atom is -0.378 e. The van der Waals surface area contributed by atoms with E-state index in [1.807, 2.05) is 67.5 Å². The van der Waals surface area contributed by atoms with Crippen molar-refractivity contribution < 1.29 is 14.4 Å². The quantitative estimate of drug-likeness (QED) is 0.180. The summed E-state index contributed by atoms with van der Waals surface area (Å²) >= 11 is 6.15. The fourth-order valence-electron chi connectivity index (χ4n) is 3.77. The fraction of sp³-hybridized carbons (Fsp3) is 0.0606. The lowest BCUT2D eigenvalue weighted by Crippen LogP contribution is -2.30. The minimum absolute atomic E-state index is 0.0780. The third kappa shape index (κ3) is 7.56. The molecule has 4 rings (SSSR count). The molecule has 0 saturated heterocycles. The van der Waals surface area contributed by atoms with Crippen LogP contribution in [0.3, 0.4) is 0 Å². The maximum atomic E-state index is 13.3. The zero-order valence-corrected chi connectivity index (χ0v) is 22.9. The monoisotopic (exact) mass is 549 g/mol. The molecular formula is C33H28ClN3O3. The first kappa shape index (κ1) is 28.1. The van der Waals surface area contributed by atoms with Gasteiger partial charge in [0.25, 0.3) is 11.8 Å². The predicted molar refractivity (Wildman–Crippen MR) is 163 cm³/mol. The van der Waals surface area contributed by atoms with Gasteiger partial charge in [0.05, 0.1) is 0 Å². The van der Waals surface area contributed by atoms with E-state index in [4.69, 9.17) is 11.6 Å². The first-order valence-electron chi connectivity index (χ1n) is 12.5. The molecule has 0 aliphatic heterocycles. The van der Waals surface area contributed by atoms with Crippen LogP contribution in [0.4, 0.5) is 11.4 Å². The lowest BCUT2D eigenvalue weighted by molar-refractivity contribution is -0.113. The Morgan fingerprint density at radius 2 is 1.40 bits per heavy atom. The summed E-state index contributed by atoms with van der Waals surface area (Å²) in [4.78, 5) is 40.7. The predicted octanol–water partition coefficient (Wildman–Crippen LogP) is 6.71. The van der Waals surface area contributed by atoms with Gasteiger partial charge in [0.15, 0.2) is 5.78 Å². The molecule has 40 heavy (non-hydrogen) atoms. The van der Waals surface area contributed by atoms with Gasteiger partial charge in [0, 0.05) is 41.6 Å². The van der Waals surface area contributed by atoms with Gasteiger partial charge in [-0.2, -0.15) is 0 Å². The molecule has 0 aromatic heterocycles. The van der Waals surface area contributed by atoms with E-state index in [0.717, 1.165) is 16.8 Å². The average molecular weight is 550 g/mol. The van der Waals surface area contributed by atoms with Gasteiger partial charge in [-0.05, 0) is 84.0 Å². The van der Waals surface area contributed by atoms with Crippen LogP contribution in [-0.4, -0.2) is 31.7 Å². The van der Waals surface area contributed by atoms with E-state index in [1.165, 1.54) is 6.08 Å². The number of rotatable bonds is 9. The van der Waals surface area contributed by atoms with Crippen LogP contribution in [0.15, 0.2) is 115 Å². The highest BCUT2D eigenvalue weighted by Crippen LogP contribution is 2.18. The summed E-state index contributed by atoms with van der Waals surface area (Å²) in [5, 5.41) is 6.09. The molecule has 6 nitrogen and oxygen atoms in total. The van der Waals surface area contributed by atoms with Crippen molar-refractivity contribution in [2.75, 3.05) is 24.3 Å². The van der Waals surface area contributed by atoms with Gasteiger partial charge in [0.2, 0.25) is 0 Å². The summed E-state index contributed by atoms with van der Waals surface area (Å²) in [5.74, 6) is -1.11. The topological polar surface area (TPSA) is 78.5 Å². The number of carbonyl (C=O) groups is 3. The number of anilines is 2. The molecule has 0 radical (unpaired) electrons. The highest BCUT2D eigenvalue weighted by molar-refractivity contribution is 6.32. The van der Waals surface area contributed by atoms with Crippen LogP contribution in [0.1, 0.15) is 31.8 Å². The second kappa shape index (κ2) is 13.2. The second-order valence-electron chi connectivity index (χ2n) is 9.11. The molecule has 4 aromatic carbocycles. The fourth-order valence-corrected chi connectivity index (χ4v) is 3.96. The van der Waals surface area contributed by atoms with E-state index in [0.29, 0.717) is 21.8 Å². The van der Waals surface area contributed by atoms with E-state index in [2.05, 4.69) is 10.6 Å². The molecule has 2 N–H and O–H groups in total. The van der Waals surface area contributed by atoms with Crippen LogP contribution < -0.4 is 15.5 Å². The smallest absolute Gasteiger partial charge is 0.272 e. The van der Waals surface area contributed by atoms with Gasteiger partial charge in [-0.1, -0.05) is 60.1 Å². The van der Waals surface area contributed by atoms with Crippen molar-refractivity contribution in [1.82, 2.24) is 5.32 Å². The summed E-state index contributed by atoms with van der Waals surface area (Å²) < 4.78 is 0. The summed E-state index contributed by atoms with van der Waals surface area (Å²) in [6.07, 6.45) is 4.74. The third-order valence-electron chi connectivity index (χ3n) is 6.00. The van der Waals surface area contributed by atoms with E-state index in [9.17, 15) is 14.4 Å². The van der Waals surface area contributed by atoms with Gasteiger partial charge in [-0.25, -0.2) is 0 Å². The summed E-state index contributed by atoms with van der Waals surface area (Å²) in [6, 6.07) is 30.0. The lowest BCUT2D eigenvalue weighted by Gasteiger charge is -2.13. The Hall–Kier alpha value is -4.94. The van der Waals surface area contributed by atoms with E-state index >= 15 is 0 Å². The maximum absolute atomic E-state index is 13.3.